The number of hydrogen-bond donors (Lipinski definition) is 1. The number of carbonyl (C=O) groups excluding carboxylic acids is 1. The molecule has 0 aliphatic heterocycles. The standard InChI is InChI=1S/C17H17N3O4/c1-3-5-11-15-12-8-10(20(22)23)6-7-13(12)19-14(15)9-18-16(11)17(21)24-4-2/h6-9,19H,3-5H2,1-2H3. The number of fused-ring (bicyclic) bond motifs is 3. The normalized spacial score (nSPS) is 11.1. The summed E-state index contributed by atoms with van der Waals surface area (Å²) in [6.45, 7) is 4.01. The smallest absolute Gasteiger partial charge is 0.357 e. The van der Waals surface area contributed by atoms with E-state index in [4.69, 9.17) is 4.74 Å². The third-order valence-electron chi connectivity index (χ3n) is 3.90. The summed E-state index contributed by atoms with van der Waals surface area (Å²) in [7, 11) is 0. The first-order valence-electron chi connectivity index (χ1n) is 7.81. The quantitative estimate of drug-likeness (QED) is 0.437. The number of hydrogen-bond acceptors (Lipinski definition) is 5. The van der Waals surface area contributed by atoms with Crippen molar-refractivity contribution in [1.29, 1.82) is 0 Å². The summed E-state index contributed by atoms with van der Waals surface area (Å²) in [5, 5.41) is 12.6. The summed E-state index contributed by atoms with van der Waals surface area (Å²) in [5.41, 5.74) is 2.58. The minimum absolute atomic E-state index is 0.0142. The third-order valence-corrected chi connectivity index (χ3v) is 3.90. The van der Waals surface area contributed by atoms with Gasteiger partial charge in [-0.25, -0.2) is 9.78 Å². The molecule has 1 N–H and O–H groups in total. The van der Waals surface area contributed by atoms with Crippen molar-refractivity contribution in [3.05, 3.63) is 45.8 Å². The van der Waals surface area contributed by atoms with E-state index in [1.54, 1.807) is 19.2 Å². The molecule has 0 aliphatic rings. The maximum Gasteiger partial charge on any atom is 0.357 e. The summed E-state index contributed by atoms with van der Waals surface area (Å²) in [6, 6.07) is 4.66. The van der Waals surface area contributed by atoms with Crippen LogP contribution in [-0.4, -0.2) is 27.5 Å². The van der Waals surface area contributed by atoms with Crippen molar-refractivity contribution < 1.29 is 14.5 Å². The largest absolute Gasteiger partial charge is 0.461 e. The van der Waals surface area contributed by atoms with Gasteiger partial charge in [0.2, 0.25) is 0 Å². The van der Waals surface area contributed by atoms with Crippen molar-refractivity contribution in [2.45, 2.75) is 26.7 Å². The molecule has 0 atom stereocenters. The SMILES string of the molecule is CCCc1c(C(=O)OCC)ncc2[nH]c3ccc([N+](=O)[O-])cc3c12. The number of aromatic nitrogens is 2. The number of nitro benzene ring substituents is 1. The molecule has 124 valence electrons. The van der Waals surface area contributed by atoms with Crippen LogP contribution in [0.5, 0.6) is 0 Å². The molecule has 0 fully saturated rings. The number of ether oxygens (including phenoxy) is 1. The predicted molar refractivity (Wildman–Crippen MR) is 90.2 cm³/mol. The average Bonchev–Trinajstić information content (AvgIpc) is 2.93. The molecule has 24 heavy (non-hydrogen) atoms. The second-order valence-electron chi connectivity index (χ2n) is 5.46. The fourth-order valence-electron chi connectivity index (χ4n) is 2.93. The molecule has 0 bridgehead atoms. The van der Waals surface area contributed by atoms with Crippen molar-refractivity contribution in [3.8, 4) is 0 Å². The molecule has 2 heterocycles. The van der Waals surface area contributed by atoms with Gasteiger partial charge in [-0.1, -0.05) is 13.3 Å². The maximum absolute atomic E-state index is 12.2. The van der Waals surface area contributed by atoms with Crippen LogP contribution in [0.4, 0.5) is 5.69 Å². The molecular formula is C17H17N3O4. The van der Waals surface area contributed by atoms with Gasteiger partial charge in [0.05, 0.1) is 23.2 Å². The summed E-state index contributed by atoms with van der Waals surface area (Å²) in [4.78, 5) is 30.3. The zero-order valence-corrected chi connectivity index (χ0v) is 13.5. The van der Waals surface area contributed by atoms with Crippen LogP contribution in [-0.2, 0) is 11.2 Å². The molecular weight excluding hydrogens is 310 g/mol. The van der Waals surface area contributed by atoms with E-state index < -0.39 is 10.9 Å². The van der Waals surface area contributed by atoms with Crippen molar-refractivity contribution in [3.63, 3.8) is 0 Å². The minimum Gasteiger partial charge on any atom is -0.461 e. The summed E-state index contributed by atoms with van der Waals surface area (Å²) in [6.07, 6.45) is 3.02. The number of benzene rings is 1. The van der Waals surface area contributed by atoms with E-state index in [1.807, 2.05) is 6.92 Å². The van der Waals surface area contributed by atoms with Crippen LogP contribution in [0.25, 0.3) is 21.8 Å². The number of non-ortho nitro benzene ring substituents is 1. The fraction of sp³-hybridized carbons (Fsp3) is 0.294. The molecule has 7 heteroatoms. The van der Waals surface area contributed by atoms with Crippen LogP contribution in [0, 0.1) is 10.1 Å². The highest BCUT2D eigenvalue weighted by Crippen LogP contribution is 2.32. The van der Waals surface area contributed by atoms with Crippen LogP contribution in [0.3, 0.4) is 0 Å². The van der Waals surface area contributed by atoms with Crippen molar-refractivity contribution in [1.82, 2.24) is 9.97 Å². The van der Waals surface area contributed by atoms with Crippen LogP contribution in [0.15, 0.2) is 24.4 Å². The zero-order chi connectivity index (χ0) is 17.3. The number of nitro groups is 1. The van der Waals surface area contributed by atoms with Gasteiger partial charge in [-0.05, 0) is 25.0 Å². The highest BCUT2D eigenvalue weighted by atomic mass is 16.6. The summed E-state index contributed by atoms with van der Waals surface area (Å²) >= 11 is 0. The fourth-order valence-corrected chi connectivity index (χ4v) is 2.93. The lowest BCUT2D eigenvalue weighted by molar-refractivity contribution is -0.384. The van der Waals surface area contributed by atoms with Gasteiger partial charge in [-0.3, -0.25) is 10.1 Å². The van der Waals surface area contributed by atoms with Gasteiger partial charge in [-0.15, -0.1) is 0 Å². The summed E-state index contributed by atoms with van der Waals surface area (Å²) < 4.78 is 5.09. The number of aryl methyl sites for hydroxylation is 1. The molecule has 2 aromatic heterocycles. The molecule has 7 nitrogen and oxygen atoms in total. The summed E-state index contributed by atoms with van der Waals surface area (Å²) in [5.74, 6) is -0.470. The van der Waals surface area contributed by atoms with E-state index in [2.05, 4.69) is 9.97 Å². The topological polar surface area (TPSA) is 98.1 Å². The number of H-pyrrole nitrogens is 1. The van der Waals surface area contributed by atoms with Crippen LogP contribution < -0.4 is 0 Å². The maximum atomic E-state index is 12.2. The highest BCUT2D eigenvalue weighted by Gasteiger charge is 2.20. The Hall–Kier alpha value is -2.96. The molecule has 3 rings (SSSR count). The van der Waals surface area contributed by atoms with E-state index in [1.165, 1.54) is 12.1 Å². The number of carbonyl (C=O) groups is 1. The Morgan fingerprint density at radius 1 is 1.33 bits per heavy atom. The predicted octanol–water partition coefficient (Wildman–Crippen LogP) is 3.75. The third kappa shape index (κ3) is 2.58. The lowest BCUT2D eigenvalue weighted by Gasteiger charge is -2.09. The van der Waals surface area contributed by atoms with Crippen LogP contribution >= 0.6 is 0 Å². The highest BCUT2D eigenvalue weighted by molar-refractivity contribution is 6.11. The molecule has 0 radical (unpaired) electrons. The van der Waals surface area contributed by atoms with E-state index >= 15 is 0 Å². The molecule has 1 aromatic carbocycles. The van der Waals surface area contributed by atoms with Gasteiger partial charge in [0, 0.05) is 28.4 Å². The molecule has 0 amide bonds. The minimum atomic E-state index is -0.470. The van der Waals surface area contributed by atoms with Gasteiger partial charge in [-0.2, -0.15) is 0 Å². The Kier molecular flexibility index (Phi) is 4.16. The van der Waals surface area contributed by atoms with Crippen LogP contribution in [0.2, 0.25) is 0 Å². The molecule has 0 unspecified atom stereocenters. The number of nitrogens with zero attached hydrogens (tertiary/aromatic N) is 2. The Balaban J connectivity index is 2.34. The van der Waals surface area contributed by atoms with Crippen LogP contribution in [0.1, 0.15) is 36.3 Å². The molecule has 3 aromatic rings. The Morgan fingerprint density at radius 2 is 2.12 bits per heavy atom. The molecule has 0 spiro atoms. The Morgan fingerprint density at radius 3 is 2.79 bits per heavy atom. The molecule has 0 saturated carbocycles. The van der Waals surface area contributed by atoms with Gasteiger partial charge in [0.15, 0.2) is 5.69 Å². The molecule has 0 saturated heterocycles. The van der Waals surface area contributed by atoms with E-state index in [-0.39, 0.29) is 18.0 Å². The average molecular weight is 327 g/mol. The lowest BCUT2D eigenvalue weighted by Crippen LogP contribution is -2.11. The van der Waals surface area contributed by atoms with E-state index in [9.17, 15) is 14.9 Å². The van der Waals surface area contributed by atoms with E-state index in [0.29, 0.717) is 6.42 Å². The van der Waals surface area contributed by atoms with Gasteiger partial charge >= 0.3 is 5.97 Å². The second-order valence-corrected chi connectivity index (χ2v) is 5.46. The monoisotopic (exact) mass is 327 g/mol. The number of aromatic amines is 1. The first kappa shape index (κ1) is 15.9. The van der Waals surface area contributed by atoms with Gasteiger partial charge in [0.25, 0.3) is 5.69 Å². The van der Waals surface area contributed by atoms with Gasteiger partial charge in [0.1, 0.15) is 0 Å². The van der Waals surface area contributed by atoms with E-state index in [0.717, 1.165) is 33.8 Å². The first-order valence-corrected chi connectivity index (χ1v) is 7.81. The van der Waals surface area contributed by atoms with Crippen molar-refractivity contribution >= 4 is 33.5 Å². The Bertz CT molecular complexity index is 946. The number of rotatable bonds is 5. The van der Waals surface area contributed by atoms with Gasteiger partial charge < -0.3 is 9.72 Å². The van der Waals surface area contributed by atoms with Crippen molar-refractivity contribution in [2.24, 2.45) is 0 Å². The lowest BCUT2D eigenvalue weighted by atomic mass is 10.0. The number of esters is 1. The Labute approximate surface area is 137 Å². The number of pyridine rings is 1. The second kappa shape index (κ2) is 6.27. The zero-order valence-electron chi connectivity index (χ0n) is 13.5. The van der Waals surface area contributed by atoms with Crippen molar-refractivity contribution in [2.75, 3.05) is 6.61 Å². The molecule has 0 aliphatic carbocycles. The first-order chi connectivity index (χ1) is 11.6. The number of nitrogens with one attached hydrogen (secondary N) is 1.